The van der Waals surface area contributed by atoms with Gasteiger partial charge in [-0.15, -0.1) is 0 Å². The molecule has 0 aliphatic carbocycles. The molecule has 1 aliphatic heterocycles. The van der Waals surface area contributed by atoms with Crippen molar-refractivity contribution in [1.82, 2.24) is 15.0 Å². The fraction of sp³-hybridized carbons (Fsp3) is 0.333. The molecule has 0 spiro atoms. The standard InChI is InChI=1S/C18H21N5O/c24-11-15-5-3-7-23(15)18-9-17(20-12-21-18)19-10-14-8-13-4-1-2-6-16(13)22-14/h1-2,4,6,8-9,12,15,22,24H,3,5,7,10-11H2,(H,19,20,21). The molecule has 3 heterocycles. The van der Waals surface area contributed by atoms with E-state index in [4.69, 9.17) is 0 Å². The van der Waals surface area contributed by atoms with Gasteiger partial charge in [0.2, 0.25) is 0 Å². The Bertz CT molecular complexity index is 798. The number of aromatic amines is 1. The molecule has 1 aromatic carbocycles. The summed E-state index contributed by atoms with van der Waals surface area (Å²) in [5.74, 6) is 1.67. The maximum absolute atomic E-state index is 9.48. The smallest absolute Gasteiger partial charge is 0.134 e. The van der Waals surface area contributed by atoms with Crippen LogP contribution in [0.3, 0.4) is 0 Å². The Labute approximate surface area is 140 Å². The van der Waals surface area contributed by atoms with E-state index in [0.717, 1.165) is 42.2 Å². The van der Waals surface area contributed by atoms with Crippen molar-refractivity contribution < 1.29 is 5.11 Å². The minimum Gasteiger partial charge on any atom is -0.394 e. The number of aromatic nitrogens is 3. The lowest BCUT2D eigenvalue weighted by Crippen LogP contribution is -2.32. The van der Waals surface area contributed by atoms with E-state index < -0.39 is 0 Å². The Balaban J connectivity index is 1.47. The largest absolute Gasteiger partial charge is 0.394 e. The van der Waals surface area contributed by atoms with Gasteiger partial charge in [-0.2, -0.15) is 0 Å². The highest BCUT2D eigenvalue weighted by Gasteiger charge is 2.25. The third-order valence-electron chi connectivity index (χ3n) is 4.58. The minimum atomic E-state index is 0.168. The van der Waals surface area contributed by atoms with Gasteiger partial charge in [-0.1, -0.05) is 18.2 Å². The number of fused-ring (bicyclic) bond motifs is 1. The molecule has 4 rings (SSSR count). The molecule has 124 valence electrons. The van der Waals surface area contributed by atoms with Gasteiger partial charge in [0, 0.05) is 23.8 Å². The molecule has 0 bridgehead atoms. The average molecular weight is 323 g/mol. The summed E-state index contributed by atoms with van der Waals surface area (Å²) in [6.45, 7) is 1.78. The SMILES string of the molecule is OCC1CCCN1c1cc(NCc2cc3ccccc3[nH]2)ncn1. The van der Waals surface area contributed by atoms with E-state index in [9.17, 15) is 5.11 Å². The second-order valence-electron chi connectivity index (χ2n) is 6.17. The summed E-state index contributed by atoms with van der Waals surface area (Å²) in [4.78, 5) is 14.2. The first-order chi connectivity index (χ1) is 11.8. The van der Waals surface area contributed by atoms with Gasteiger partial charge >= 0.3 is 0 Å². The first-order valence-corrected chi connectivity index (χ1v) is 8.33. The number of nitrogens with zero attached hydrogens (tertiary/aromatic N) is 3. The topological polar surface area (TPSA) is 77.1 Å². The Hall–Kier alpha value is -2.60. The van der Waals surface area contributed by atoms with Crippen LogP contribution in [0.5, 0.6) is 0 Å². The fourth-order valence-corrected chi connectivity index (χ4v) is 3.34. The monoisotopic (exact) mass is 323 g/mol. The van der Waals surface area contributed by atoms with Gasteiger partial charge in [-0.25, -0.2) is 9.97 Å². The second kappa shape index (κ2) is 6.49. The zero-order valence-electron chi connectivity index (χ0n) is 13.4. The summed E-state index contributed by atoms with van der Waals surface area (Å²) in [6, 6.07) is 12.5. The normalized spacial score (nSPS) is 17.5. The number of benzene rings is 1. The van der Waals surface area contributed by atoms with Crippen LogP contribution in [-0.2, 0) is 6.54 Å². The molecule has 2 aromatic heterocycles. The van der Waals surface area contributed by atoms with Crippen molar-refractivity contribution in [1.29, 1.82) is 0 Å². The van der Waals surface area contributed by atoms with Crippen LogP contribution >= 0.6 is 0 Å². The lowest BCUT2D eigenvalue weighted by atomic mass is 10.2. The highest BCUT2D eigenvalue weighted by molar-refractivity contribution is 5.80. The van der Waals surface area contributed by atoms with E-state index in [0.29, 0.717) is 6.54 Å². The van der Waals surface area contributed by atoms with Crippen molar-refractivity contribution in [2.45, 2.75) is 25.4 Å². The number of H-pyrrole nitrogens is 1. The number of nitrogens with one attached hydrogen (secondary N) is 2. The average Bonchev–Trinajstić information content (AvgIpc) is 3.26. The van der Waals surface area contributed by atoms with Crippen molar-refractivity contribution >= 4 is 22.5 Å². The summed E-state index contributed by atoms with van der Waals surface area (Å²) in [7, 11) is 0. The molecule has 0 saturated carbocycles. The third-order valence-corrected chi connectivity index (χ3v) is 4.58. The first kappa shape index (κ1) is 15.0. The molecule has 6 nitrogen and oxygen atoms in total. The zero-order valence-corrected chi connectivity index (χ0v) is 13.4. The van der Waals surface area contributed by atoms with Gasteiger partial charge in [0.15, 0.2) is 0 Å². The van der Waals surface area contributed by atoms with Gasteiger partial charge < -0.3 is 20.3 Å². The summed E-state index contributed by atoms with van der Waals surface area (Å²) in [5.41, 5.74) is 2.26. The van der Waals surface area contributed by atoms with Crippen LogP contribution < -0.4 is 10.2 Å². The van der Waals surface area contributed by atoms with E-state index in [1.165, 1.54) is 5.39 Å². The summed E-state index contributed by atoms with van der Waals surface area (Å²) in [5, 5.41) is 14.0. The molecular formula is C18H21N5O. The minimum absolute atomic E-state index is 0.168. The fourth-order valence-electron chi connectivity index (χ4n) is 3.34. The molecular weight excluding hydrogens is 302 g/mol. The van der Waals surface area contributed by atoms with Crippen molar-refractivity contribution in [2.24, 2.45) is 0 Å². The maximum Gasteiger partial charge on any atom is 0.134 e. The molecule has 0 radical (unpaired) electrons. The molecule has 1 fully saturated rings. The van der Waals surface area contributed by atoms with E-state index in [1.807, 2.05) is 18.2 Å². The maximum atomic E-state index is 9.48. The molecule has 6 heteroatoms. The Morgan fingerprint density at radius 1 is 1.25 bits per heavy atom. The lowest BCUT2D eigenvalue weighted by Gasteiger charge is -2.24. The van der Waals surface area contributed by atoms with Crippen LogP contribution in [0.2, 0.25) is 0 Å². The Kier molecular flexibility index (Phi) is 4.04. The number of hydrogen-bond acceptors (Lipinski definition) is 5. The molecule has 3 N–H and O–H groups in total. The molecule has 0 amide bonds. The van der Waals surface area contributed by atoms with Crippen LogP contribution in [0.4, 0.5) is 11.6 Å². The van der Waals surface area contributed by atoms with Crippen molar-refractivity contribution in [3.8, 4) is 0 Å². The Morgan fingerprint density at radius 2 is 2.17 bits per heavy atom. The van der Waals surface area contributed by atoms with E-state index in [1.54, 1.807) is 6.33 Å². The van der Waals surface area contributed by atoms with Crippen molar-refractivity contribution in [2.75, 3.05) is 23.4 Å². The number of aliphatic hydroxyl groups is 1. The van der Waals surface area contributed by atoms with Gasteiger partial charge in [-0.05, 0) is 30.4 Å². The third kappa shape index (κ3) is 2.92. The van der Waals surface area contributed by atoms with Gasteiger partial charge in [0.05, 0.1) is 19.2 Å². The summed E-state index contributed by atoms with van der Waals surface area (Å²) < 4.78 is 0. The molecule has 1 unspecified atom stereocenters. The van der Waals surface area contributed by atoms with E-state index in [-0.39, 0.29) is 12.6 Å². The second-order valence-corrected chi connectivity index (χ2v) is 6.17. The predicted molar refractivity (Wildman–Crippen MR) is 95.1 cm³/mol. The first-order valence-electron chi connectivity index (χ1n) is 8.33. The quantitative estimate of drug-likeness (QED) is 0.672. The Morgan fingerprint density at radius 3 is 3.04 bits per heavy atom. The predicted octanol–water partition coefficient (Wildman–Crippen LogP) is 2.53. The van der Waals surface area contributed by atoms with Crippen molar-refractivity contribution in [3.05, 3.63) is 48.4 Å². The van der Waals surface area contributed by atoms with Crippen LogP contribution in [-0.4, -0.2) is 39.3 Å². The number of hydrogen-bond donors (Lipinski definition) is 3. The summed E-state index contributed by atoms with van der Waals surface area (Å²) >= 11 is 0. The zero-order chi connectivity index (χ0) is 16.4. The number of aliphatic hydroxyl groups excluding tert-OH is 1. The number of para-hydroxylation sites is 1. The highest BCUT2D eigenvalue weighted by atomic mass is 16.3. The van der Waals surface area contributed by atoms with Crippen LogP contribution in [0.15, 0.2) is 42.7 Å². The van der Waals surface area contributed by atoms with Crippen LogP contribution in [0.25, 0.3) is 10.9 Å². The molecule has 1 aliphatic rings. The van der Waals surface area contributed by atoms with E-state index >= 15 is 0 Å². The van der Waals surface area contributed by atoms with E-state index in [2.05, 4.69) is 43.4 Å². The van der Waals surface area contributed by atoms with Gasteiger partial charge in [0.1, 0.15) is 18.0 Å². The van der Waals surface area contributed by atoms with Crippen LogP contribution in [0.1, 0.15) is 18.5 Å². The molecule has 1 atom stereocenters. The number of rotatable bonds is 5. The molecule has 1 saturated heterocycles. The lowest BCUT2D eigenvalue weighted by molar-refractivity contribution is 0.266. The van der Waals surface area contributed by atoms with Crippen LogP contribution in [0, 0.1) is 0 Å². The highest BCUT2D eigenvalue weighted by Crippen LogP contribution is 2.24. The molecule has 24 heavy (non-hydrogen) atoms. The van der Waals surface area contributed by atoms with Gasteiger partial charge in [0.25, 0.3) is 0 Å². The van der Waals surface area contributed by atoms with Gasteiger partial charge in [-0.3, -0.25) is 0 Å². The summed E-state index contributed by atoms with van der Waals surface area (Å²) in [6.07, 6.45) is 3.68. The van der Waals surface area contributed by atoms with Crippen molar-refractivity contribution in [3.63, 3.8) is 0 Å². The molecule has 3 aromatic rings. The number of anilines is 2.